The fraction of sp³-hybridized carbons (Fsp3) is 0.346. The molecule has 1 aliphatic carbocycles. The van der Waals surface area contributed by atoms with E-state index in [-0.39, 0.29) is 24.5 Å². The second kappa shape index (κ2) is 10.2. The van der Waals surface area contributed by atoms with Gasteiger partial charge in [0.15, 0.2) is 5.82 Å². The number of nitrogens with zero attached hydrogens (tertiary/aromatic N) is 6. The third kappa shape index (κ3) is 5.14. The standard InChI is InChI=1S/C26H29N7O2/c1-32-16-22(14-30-32)19-3-2-4-20(11-19)25-28-12-21(13-29-25)23-15-31-33(17-23)24-7-5-18(6-8-24)26(35)27-9-10-34/h2-4,11-18,24,34H,5-10H2,1H3,(H,27,35)/t18-,24-. The molecule has 1 saturated carbocycles. The molecule has 5 rings (SSSR count). The first-order valence-corrected chi connectivity index (χ1v) is 12.0. The monoisotopic (exact) mass is 471 g/mol. The summed E-state index contributed by atoms with van der Waals surface area (Å²) in [6.07, 6.45) is 14.9. The van der Waals surface area contributed by atoms with E-state index in [1.165, 1.54) is 0 Å². The zero-order valence-electron chi connectivity index (χ0n) is 19.7. The first-order chi connectivity index (χ1) is 17.1. The van der Waals surface area contributed by atoms with Crippen molar-refractivity contribution < 1.29 is 9.90 Å². The van der Waals surface area contributed by atoms with Gasteiger partial charge in [-0.05, 0) is 37.3 Å². The Bertz CT molecular complexity index is 1290. The first-order valence-electron chi connectivity index (χ1n) is 12.0. The highest BCUT2D eigenvalue weighted by molar-refractivity contribution is 5.78. The Kier molecular flexibility index (Phi) is 6.67. The first kappa shape index (κ1) is 22.9. The van der Waals surface area contributed by atoms with Gasteiger partial charge in [-0.15, -0.1) is 0 Å². The Hall–Kier alpha value is -3.85. The number of hydrogen-bond acceptors (Lipinski definition) is 6. The zero-order chi connectivity index (χ0) is 24.2. The van der Waals surface area contributed by atoms with E-state index in [9.17, 15) is 4.79 Å². The lowest BCUT2D eigenvalue weighted by Crippen LogP contribution is -2.35. The number of nitrogens with one attached hydrogen (secondary N) is 1. The number of carbonyl (C=O) groups excluding carboxylic acids is 1. The van der Waals surface area contributed by atoms with Crippen LogP contribution in [0.3, 0.4) is 0 Å². The predicted molar refractivity (Wildman–Crippen MR) is 132 cm³/mol. The Morgan fingerprint density at radius 1 is 0.943 bits per heavy atom. The second-order valence-corrected chi connectivity index (χ2v) is 9.01. The summed E-state index contributed by atoms with van der Waals surface area (Å²) < 4.78 is 3.79. The normalized spacial score (nSPS) is 17.9. The van der Waals surface area contributed by atoms with Crippen molar-refractivity contribution in [3.05, 3.63) is 61.4 Å². The van der Waals surface area contributed by atoms with Crippen molar-refractivity contribution in [2.45, 2.75) is 31.7 Å². The van der Waals surface area contributed by atoms with Crippen LogP contribution in [0.25, 0.3) is 33.6 Å². The summed E-state index contributed by atoms with van der Waals surface area (Å²) in [5.74, 6) is 0.733. The fourth-order valence-electron chi connectivity index (χ4n) is 4.65. The molecule has 1 aromatic carbocycles. The molecule has 0 aliphatic heterocycles. The number of rotatable bonds is 7. The van der Waals surface area contributed by atoms with Gasteiger partial charge in [0.2, 0.25) is 5.91 Å². The smallest absolute Gasteiger partial charge is 0.223 e. The van der Waals surface area contributed by atoms with Crippen LogP contribution in [-0.2, 0) is 11.8 Å². The minimum atomic E-state index is -0.0281. The van der Waals surface area contributed by atoms with Crippen molar-refractivity contribution in [2.75, 3.05) is 13.2 Å². The van der Waals surface area contributed by atoms with Gasteiger partial charge in [0.25, 0.3) is 0 Å². The van der Waals surface area contributed by atoms with E-state index >= 15 is 0 Å². The Balaban J connectivity index is 1.24. The van der Waals surface area contributed by atoms with Gasteiger partial charge in [0, 0.05) is 66.6 Å². The van der Waals surface area contributed by atoms with Crippen LogP contribution in [0.1, 0.15) is 31.7 Å². The van der Waals surface area contributed by atoms with Crippen LogP contribution in [0.4, 0.5) is 0 Å². The van der Waals surface area contributed by atoms with E-state index in [1.54, 1.807) is 4.68 Å². The van der Waals surface area contributed by atoms with Gasteiger partial charge in [-0.2, -0.15) is 10.2 Å². The molecular formula is C26H29N7O2. The summed E-state index contributed by atoms with van der Waals surface area (Å²) in [7, 11) is 1.90. The van der Waals surface area contributed by atoms with E-state index in [1.807, 2.05) is 61.0 Å². The maximum atomic E-state index is 12.1. The third-order valence-electron chi connectivity index (χ3n) is 6.60. The van der Waals surface area contributed by atoms with Crippen LogP contribution >= 0.6 is 0 Å². The Morgan fingerprint density at radius 2 is 1.66 bits per heavy atom. The molecule has 4 aromatic rings. The molecule has 2 N–H and O–H groups in total. The summed E-state index contributed by atoms with van der Waals surface area (Å²) in [6, 6.07) is 8.42. The van der Waals surface area contributed by atoms with Gasteiger partial charge in [0.1, 0.15) is 0 Å². The Morgan fingerprint density at radius 3 is 2.37 bits per heavy atom. The number of aliphatic hydroxyl groups excluding tert-OH is 1. The highest BCUT2D eigenvalue weighted by Crippen LogP contribution is 2.33. The number of aryl methyl sites for hydroxylation is 1. The van der Waals surface area contributed by atoms with Crippen molar-refractivity contribution in [2.24, 2.45) is 13.0 Å². The molecule has 0 saturated heterocycles. The molecule has 1 aliphatic rings. The van der Waals surface area contributed by atoms with E-state index in [2.05, 4.69) is 37.6 Å². The SMILES string of the molecule is Cn1cc(-c2cccc(-c3ncc(-c4cnn([C@H]5CC[C@H](C(=O)NCCO)CC5)c4)cn3)c2)cn1. The van der Waals surface area contributed by atoms with Crippen LogP contribution in [0.2, 0.25) is 0 Å². The third-order valence-corrected chi connectivity index (χ3v) is 6.60. The van der Waals surface area contributed by atoms with Crippen molar-refractivity contribution in [1.82, 2.24) is 34.8 Å². The fourth-order valence-corrected chi connectivity index (χ4v) is 4.65. The summed E-state index contributed by atoms with van der Waals surface area (Å²) in [6.45, 7) is 0.289. The lowest BCUT2D eigenvalue weighted by molar-refractivity contribution is -0.126. The topological polar surface area (TPSA) is 111 Å². The zero-order valence-corrected chi connectivity index (χ0v) is 19.7. The summed E-state index contributed by atoms with van der Waals surface area (Å²) in [5, 5.41) is 20.5. The van der Waals surface area contributed by atoms with Gasteiger partial charge < -0.3 is 10.4 Å². The number of hydrogen-bond donors (Lipinski definition) is 2. The molecule has 9 nitrogen and oxygen atoms in total. The lowest BCUT2D eigenvalue weighted by Gasteiger charge is -2.27. The number of amides is 1. The number of aromatic nitrogens is 6. The second-order valence-electron chi connectivity index (χ2n) is 9.01. The van der Waals surface area contributed by atoms with E-state index in [0.29, 0.717) is 12.4 Å². The quantitative estimate of drug-likeness (QED) is 0.428. The minimum absolute atomic E-state index is 0.0189. The molecule has 0 radical (unpaired) electrons. The van der Waals surface area contributed by atoms with Crippen LogP contribution < -0.4 is 5.32 Å². The maximum Gasteiger partial charge on any atom is 0.223 e. The molecular weight excluding hydrogens is 442 g/mol. The van der Waals surface area contributed by atoms with Crippen LogP contribution in [0.5, 0.6) is 0 Å². The molecule has 35 heavy (non-hydrogen) atoms. The van der Waals surface area contributed by atoms with Crippen LogP contribution in [0.15, 0.2) is 61.4 Å². The highest BCUT2D eigenvalue weighted by Gasteiger charge is 2.27. The van der Waals surface area contributed by atoms with E-state index < -0.39 is 0 Å². The Labute approximate surface area is 203 Å². The van der Waals surface area contributed by atoms with Crippen LogP contribution in [0, 0.1) is 5.92 Å². The molecule has 1 amide bonds. The van der Waals surface area contributed by atoms with Gasteiger partial charge in [-0.3, -0.25) is 14.2 Å². The predicted octanol–water partition coefficient (Wildman–Crippen LogP) is 3.25. The van der Waals surface area contributed by atoms with Gasteiger partial charge in [-0.1, -0.05) is 18.2 Å². The molecule has 0 bridgehead atoms. The molecule has 3 aromatic heterocycles. The van der Waals surface area contributed by atoms with Gasteiger partial charge >= 0.3 is 0 Å². The van der Waals surface area contributed by atoms with Crippen molar-refractivity contribution in [3.8, 4) is 33.6 Å². The van der Waals surface area contributed by atoms with Gasteiger partial charge in [0.05, 0.1) is 25.0 Å². The molecule has 0 unspecified atom stereocenters. The van der Waals surface area contributed by atoms with Crippen LogP contribution in [-0.4, -0.2) is 53.7 Å². The molecule has 1 fully saturated rings. The molecule has 180 valence electrons. The largest absolute Gasteiger partial charge is 0.395 e. The van der Waals surface area contributed by atoms with Gasteiger partial charge in [-0.25, -0.2) is 9.97 Å². The summed E-state index contributed by atoms with van der Waals surface area (Å²) in [4.78, 5) is 21.4. The molecule has 9 heteroatoms. The van der Waals surface area contributed by atoms with Crippen molar-refractivity contribution >= 4 is 5.91 Å². The molecule has 0 spiro atoms. The summed E-state index contributed by atoms with van der Waals surface area (Å²) >= 11 is 0. The maximum absolute atomic E-state index is 12.1. The minimum Gasteiger partial charge on any atom is -0.395 e. The lowest BCUT2D eigenvalue weighted by atomic mass is 9.85. The van der Waals surface area contributed by atoms with E-state index in [4.69, 9.17) is 5.11 Å². The van der Waals surface area contributed by atoms with Crippen molar-refractivity contribution in [1.29, 1.82) is 0 Å². The average Bonchev–Trinajstić information content (AvgIpc) is 3.57. The number of benzene rings is 1. The molecule has 0 atom stereocenters. The highest BCUT2D eigenvalue weighted by atomic mass is 16.3. The van der Waals surface area contributed by atoms with Crippen molar-refractivity contribution in [3.63, 3.8) is 0 Å². The van der Waals surface area contributed by atoms with E-state index in [0.717, 1.165) is 53.5 Å². The average molecular weight is 472 g/mol. The number of carbonyl (C=O) groups is 1. The summed E-state index contributed by atoms with van der Waals surface area (Å²) in [5.41, 5.74) is 4.97. The molecule has 3 heterocycles. The number of aliphatic hydroxyl groups is 1.